The van der Waals surface area contributed by atoms with Gasteiger partial charge in [0.2, 0.25) is 5.89 Å². The average Bonchev–Trinajstić information content (AvgIpc) is 3.27. The van der Waals surface area contributed by atoms with Gasteiger partial charge in [-0.2, -0.15) is 4.98 Å². The van der Waals surface area contributed by atoms with Crippen LogP contribution in [0.2, 0.25) is 0 Å². The third-order valence-electron chi connectivity index (χ3n) is 4.47. The number of hydrogen-bond acceptors (Lipinski definition) is 5. The van der Waals surface area contributed by atoms with Crippen molar-refractivity contribution in [3.8, 4) is 0 Å². The maximum atomic E-state index is 12.4. The standard InChI is InChI=1S/C17H28N4O3/c1-12(2)18-17(22)21-9-4-3-5-14(21)16-19-15(20-24-16)8-10-23-11-13-6-7-13/h12-14H,3-11H2,1-2H3,(H,18,22). The number of nitrogens with zero attached hydrogens (tertiary/aromatic N) is 3. The number of urea groups is 1. The number of aromatic nitrogens is 2. The Morgan fingerprint density at radius 3 is 2.96 bits per heavy atom. The second kappa shape index (κ2) is 7.96. The molecule has 1 atom stereocenters. The van der Waals surface area contributed by atoms with Crippen LogP contribution < -0.4 is 5.32 Å². The number of likely N-dealkylation sites (tertiary alicyclic amines) is 1. The summed E-state index contributed by atoms with van der Waals surface area (Å²) in [5.41, 5.74) is 0. The van der Waals surface area contributed by atoms with Crippen molar-refractivity contribution >= 4 is 6.03 Å². The van der Waals surface area contributed by atoms with Gasteiger partial charge >= 0.3 is 6.03 Å². The van der Waals surface area contributed by atoms with Crippen LogP contribution in [-0.4, -0.2) is 46.9 Å². The van der Waals surface area contributed by atoms with Gasteiger partial charge in [0.1, 0.15) is 6.04 Å². The minimum absolute atomic E-state index is 0.0535. The van der Waals surface area contributed by atoms with Gasteiger partial charge in [0.15, 0.2) is 5.82 Å². The van der Waals surface area contributed by atoms with Crippen molar-refractivity contribution in [3.05, 3.63) is 11.7 Å². The summed E-state index contributed by atoms with van der Waals surface area (Å²) in [5, 5.41) is 7.01. The van der Waals surface area contributed by atoms with E-state index >= 15 is 0 Å². The van der Waals surface area contributed by atoms with Crippen molar-refractivity contribution in [1.29, 1.82) is 0 Å². The lowest BCUT2D eigenvalue weighted by atomic mass is 10.0. The topological polar surface area (TPSA) is 80.5 Å². The molecule has 0 bridgehead atoms. The van der Waals surface area contributed by atoms with E-state index in [1.54, 1.807) is 0 Å². The van der Waals surface area contributed by atoms with E-state index in [4.69, 9.17) is 9.26 Å². The van der Waals surface area contributed by atoms with Gasteiger partial charge in [-0.15, -0.1) is 0 Å². The molecule has 1 saturated heterocycles. The Kier molecular flexibility index (Phi) is 5.71. The number of carbonyl (C=O) groups excluding carboxylic acids is 1. The van der Waals surface area contributed by atoms with Crippen LogP contribution in [0.25, 0.3) is 0 Å². The van der Waals surface area contributed by atoms with E-state index in [0.29, 0.717) is 24.7 Å². The lowest BCUT2D eigenvalue weighted by molar-refractivity contribution is 0.125. The number of nitrogens with one attached hydrogen (secondary N) is 1. The predicted octanol–water partition coefficient (Wildman–Crippen LogP) is 2.68. The fraction of sp³-hybridized carbons (Fsp3) is 0.824. The van der Waals surface area contributed by atoms with Crippen molar-refractivity contribution in [1.82, 2.24) is 20.4 Å². The third kappa shape index (κ3) is 4.69. The number of hydrogen-bond donors (Lipinski definition) is 1. The Bertz CT molecular complexity index is 542. The van der Waals surface area contributed by atoms with Crippen molar-refractivity contribution < 1.29 is 14.1 Å². The van der Waals surface area contributed by atoms with Gasteiger partial charge in [-0.05, 0) is 51.9 Å². The fourth-order valence-corrected chi connectivity index (χ4v) is 2.96. The summed E-state index contributed by atoms with van der Waals surface area (Å²) in [4.78, 5) is 18.7. The molecule has 1 aliphatic carbocycles. The van der Waals surface area contributed by atoms with E-state index in [0.717, 1.165) is 38.3 Å². The Morgan fingerprint density at radius 2 is 2.21 bits per heavy atom. The van der Waals surface area contributed by atoms with Crippen LogP contribution in [0.1, 0.15) is 63.7 Å². The summed E-state index contributed by atoms with van der Waals surface area (Å²) < 4.78 is 11.1. The van der Waals surface area contributed by atoms with Crippen molar-refractivity contribution in [3.63, 3.8) is 0 Å². The molecule has 0 radical (unpaired) electrons. The average molecular weight is 336 g/mol. The van der Waals surface area contributed by atoms with Crippen LogP contribution in [-0.2, 0) is 11.2 Å². The van der Waals surface area contributed by atoms with Gasteiger partial charge in [0.25, 0.3) is 0 Å². The van der Waals surface area contributed by atoms with Gasteiger partial charge in [-0.25, -0.2) is 4.79 Å². The molecule has 24 heavy (non-hydrogen) atoms. The Labute approximate surface area is 143 Å². The highest BCUT2D eigenvalue weighted by Crippen LogP contribution is 2.30. The first kappa shape index (κ1) is 17.2. The second-order valence-electron chi connectivity index (χ2n) is 7.13. The predicted molar refractivity (Wildman–Crippen MR) is 88.5 cm³/mol. The zero-order valence-corrected chi connectivity index (χ0v) is 14.7. The quantitative estimate of drug-likeness (QED) is 0.774. The van der Waals surface area contributed by atoms with Crippen molar-refractivity contribution in [2.45, 2.75) is 64.5 Å². The summed E-state index contributed by atoms with van der Waals surface area (Å²) in [5.74, 6) is 1.97. The van der Waals surface area contributed by atoms with Gasteiger partial charge in [0.05, 0.1) is 6.61 Å². The highest BCUT2D eigenvalue weighted by molar-refractivity contribution is 5.75. The molecule has 2 fully saturated rings. The smallest absolute Gasteiger partial charge is 0.318 e. The third-order valence-corrected chi connectivity index (χ3v) is 4.47. The molecule has 1 aromatic heterocycles. The van der Waals surface area contributed by atoms with Crippen molar-refractivity contribution in [2.75, 3.05) is 19.8 Å². The molecule has 0 aromatic carbocycles. The second-order valence-corrected chi connectivity index (χ2v) is 7.13. The number of carbonyl (C=O) groups is 1. The summed E-state index contributed by atoms with van der Waals surface area (Å²) >= 11 is 0. The molecule has 7 heteroatoms. The lowest BCUT2D eigenvalue weighted by Crippen LogP contribution is -2.46. The molecule has 2 heterocycles. The van der Waals surface area contributed by atoms with E-state index in [9.17, 15) is 4.79 Å². The molecule has 2 aliphatic rings. The van der Waals surface area contributed by atoms with Crippen LogP contribution in [0.5, 0.6) is 0 Å². The minimum Gasteiger partial charge on any atom is -0.381 e. The molecule has 1 aliphatic heterocycles. The highest BCUT2D eigenvalue weighted by atomic mass is 16.5. The first-order chi connectivity index (χ1) is 11.6. The molecule has 1 N–H and O–H groups in total. The molecule has 7 nitrogen and oxygen atoms in total. The van der Waals surface area contributed by atoms with E-state index in [-0.39, 0.29) is 18.1 Å². The number of rotatable bonds is 7. The molecular weight excluding hydrogens is 308 g/mol. The number of ether oxygens (including phenoxy) is 1. The summed E-state index contributed by atoms with van der Waals surface area (Å²) in [6.07, 6.45) is 6.19. The summed E-state index contributed by atoms with van der Waals surface area (Å²) in [6, 6.07) is -0.0599. The maximum absolute atomic E-state index is 12.4. The first-order valence-corrected chi connectivity index (χ1v) is 9.11. The monoisotopic (exact) mass is 336 g/mol. The Balaban J connectivity index is 1.55. The van der Waals surface area contributed by atoms with Gasteiger partial charge in [0, 0.05) is 25.6 Å². The van der Waals surface area contributed by atoms with Gasteiger partial charge < -0.3 is 19.5 Å². The molecule has 1 aromatic rings. The summed E-state index contributed by atoms with van der Waals surface area (Å²) in [6.45, 7) is 6.12. The van der Waals surface area contributed by atoms with E-state index in [1.807, 2.05) is 18.7 Å². The zero-order chi connectivity index (χ0) is 16.9. The number of amides is 2. The maximum Gasteiger partial charge on any atom is 0.318 e. The normalized spacial score (nSPS) is 21.3. The number of piperidine rings is 1. The SMILES string of the molecule is CC(C)NC(=O)N1CCCCC1c1nc(CCOCC2CC2)no1. The molecular formula is C17H28N4O3. The van der Waals surface area contributed by atoms with E-state index in [2.05, 4.69) is 15.5 Å². The molecule has 1 saturated carbocycles. The highest BCUT2D eigenvalue weighted by Gasteiger charge is 2.32. The lowest BCUT2D eigenvalue weighted by Gasteiger charge is -2.33. The van der Waals surface area contributed by atoms with Crippen LogP contribution >= 0.6 is 0 Å². The van der Waals surface area contributed by atoms with Crippen molar-refractivity contribution in [2.24, 2.45) is 5.92 Å². The fourth-order valence-electron chi connectivity index (χ4n) is 2.96. The largest absolute Gasteiger partial charge is 0.381 e. The molecule has 2 amide bonds. The van der Waals surface area contributed by atoms with Crippen LogP contribution in [0.15, 0.2) is 4.52 Å². The minimum atomic E-state index is -0.119. The summed E-state index contributed by atoms with van der Waals surface area (Å²) in [7, 11) is 0. The first-order valence-electron chi connectivity index (χ1n) is 9.11. The Hall–Kier alpha value is -1.63. The van der Waals surface area contributed by atoms with Crippen LogP contribution in [0.4, 0.5) is 4.79 Å². The Morgan fingerprint density at radius 1 is 1.38 bits per heavy atom. The van der Waals surface area contributed by atoms with E-state index in [1.165, 1.54) is 12.8 Å². The van der Waals surface area contributed by atoms with E-state index < -0.39 is 0 Å². The molecule has 0 spiro atoms. The molecule has 1 unspecified atom stereocenters. The van der Waals surface area contributed by atoms with Gasteiger partial charge in [-0.3, -0.25) is 0 Å². The van der Waals surface area contributed by atoms with Crippen LogP contribution in [0, 0.1) is 5.92 Å². The zero-order valence-electron chi connectivity index (χ0n) is 14.7. The van der Waals surface area contributed by atoms with Gasteiger partial charge in [-0.1, -0.05) is 5.16 Å². The molecule has 3 rings (SSSR count). The van der Waals surface area contributed by atoms with Crippen LogP contribution in [0.3, 0.4) is 0 Å². The molecule has 134 valence electrons.